The number of hydrogen-bond acceptors (Lipinski definition) is 1. The van der Waals surface area contributed by atoms with Crippen molar-refractivity contribution < 1.29 is 0 Å². The van der Waals surface area contributed by atoms with Gasteiger partial charge in [0, 0.05) is 6.04 Å². The second-order valence-corrected chi connectivity index (χ2v) is 4.03. The van der Waals surface area contributed by atoms with E-state index in [0.717, 1.165) is 11.8 Å². The molecule has 0 heterocycles. The van der Waals surface area contributed by atoms with E-state index >= 15 is 0 Å². The maximum atomic E-state index is 5.99. The normalized spacial score (nSPS) is 29.7. The van der Waals surface area contributed by atoms with E-state index in [1.54, 1.807) is 0 Å². The molecule has 0 amide bonds. The molecule has 0 aromatic rings. The minimum Gasteiger partial charge on any atom is -0.327 e. The molecule has 0 saturated heterocycles. The molecule has 2 aliphatic carbocycles. The molecule has 2 aliphatic rings. The fraction of sp³-hybridized carbons (Fsp3) is 1.00. The SMILES string of the molecule is NC(CC1CCC1)C1CC1. The van der Waals surface area contributed by atoms with Crippen LogP contribution >= 0.6 is 0 Å². The third-order valence-corrected chi connectivity index (χ3v) is 3.06. The number of hydrogen-bond donors (Lipinski definition) is 1. The molecule has 1 atom stereocenters. The van der Waals surface area contributed by atoms with Gasteiger partial charge in [0.15, 0.2) is 0 Å². The zero-order valence-corrected chi connectivity index (χ0v) is 6.55. The molecule has 0 aliphatic heterocycles. The van der Waals surface area contributed by atoms with Crippen molar-refractivity contribution in [3.63, 3.8) is 0 Å². The highest BCUT2D eigenvalue weighted by molar-refractivity contribution is 4.86. The first-order valence-electron chi connectivity index (χ1n) is 4.62. The van der Waals surface area contributed by atoms with Crippen LogP contribution in [0.5, 0.6) is 0 Å². The third kappa shape index (κ3) is 1.34. The summed E-state index contributed by atoms with van der Waals surface area (Å²) >= 11 is 0. The van der Waals surface area contributed by atoms with Crippen molar-refractivity contribution in [3.05, 3.63) is 0 Å². The Balaban J connectivity index is 1.67. The Bertz CT molecular complexity index is 114. The van der Waals surface area contributed by atoms with Gasteiger partial charge in [-0.15, -0.1) is 0 Å². The minimum atomic E-state index is 0.560. The van der Waals surface area contributed by atoms with Gasteiger partial charge in [0.2, 0.25) is 0 Å². The highest BCUT2D eigenvalue weighted by Gasteiger charge is 2.31. The maximum Gasteiger partial charge on any atom is 0.00698 e. The lowest BCUT2D eigenvalue weighted by molar-refractivity contribution is 0.268. The summed E-state index contributed by atoms with van der Waals surface area (Å²) in [5.41, 5.74) is 5.99. The molecule has 58 valence electrons. The van der Waals surface area contributed by atoms with Crippen molar-refractivity contribution in [2.45, 2.75) is 44.6 Å². The topological polar surface area (TPSA) is 26.0 Å². The Kier molecular flexibility index (Phi) is 1.69. The van der Waals surface area contributed by atoms with E-state index in [4.69, 9.17) is 5.73 Å². The van der Waals surface area contributed by atoms with Gasteiger partial charge in [0.1, 0.15) is 0 Å². The van der Waals surface area contributed by atoms with Gasteiger partial charge in [-0.25, -0.2) is 0 Å². The summed E-state index contributed by atoms with van der Waals surface area (Å²) in [5, 5.41) is 0. The van der Waals surface area contributed by atoms with Crippen LogP contribution in [0.2, 0.25) is 0 Å². The molecule has 10 heavy (non-hydrogen) atoms. The summed E-state index contributed by atoms with van der Waals surface area (Å²) in [6.07, 6.45) is 8.52. The first-order valence-corrected chi connectivity index (χ1v) is 4.62. The van der Waals surface area contributed by atoms with Gasteiger partial charge in [-0.05, 0) is 31.1 Å². The molecule has 2 rings (SSSR count). The Hall–Kier alpha value is -0.0400. The molecule has 1 nitrogen and oxygen atoms in total. The predicted octanol–water partition coefficient (Wildman–Crippen LogP) is 1.91. The van der Waals surface area contributed by atoms with E-state index in [1.807, 2.05) is 0 Å². The smallest absolute Gasteiger partial charge is 0.00698 e. The lowest BCUT2D eigenvalue weighted by atomic mass is 9.80. The van der Waals surface area contributed by atoms with Crippen LogP contribution in [0.4, 0.5) is 0 Å². The van der Waals surface area contributed by atoms with Gasteiger partial charge in [0.25, 0.3) is 0 Å². The molecular formula is C9H17N. The van der Waals surface area contributed by atoms with Crippen molar-refractivity contribution in [1.29, 1.82) is 0 Å². The summed E-state index contributed by atoms with van der Waals surface area (Å²) in [5.74, 6) is 1.93. The molecule has 2 saturated carbocycles. The monoisotopic (exact) mass is 139 g/mol. The van der Waals surface area contributed by atoms with Gasteiger partial charge < -0.3 is 5.73 Å². The van der Waals surface area contributed by atoms with Gasteiger partial charge in [-0.2, -0.15) is 0 Å². The highest BCUT2D eigenvalue weighted by atomic mass is 14.7. The van der Waals surface area contributed by atoms with Crippen molar-refractivity contribution in [2.24, 2.45) is 17.6 Å². The van der Waals surface area contributed by atoms with Crippen LogP contribution in [0.1, 0.15) is 38.5 Å². The summed E-state index contributed by atoms with van der Waals surface area (Å²) in [7, 11) is 0. The Morgan fingerprint density at radius 1 is 1.20 bits per heavy atom. The lowest BCUT2D eigenvalue weighted by Crippen LogP contribution is -2.28. The van der Waals surface area contributed by atoms with E-state index in [-0.39, 0.29) is 0 Å². The van der Waals surface area contributed by atoms with Crippen LogP contribution in [-0.2, 0) is 0 Å². The van der Waals surface area contributed by atoms with Crippen molar-refractivity contribution in [3.8, 4) is 0 Å². The molecule has 1 unspecified atom stereocenters. The molecule has 2 fully saturated rings. The van der Waals surface area contributed by atoms with Crippen molar-refractivity contribution in [1.82, 2.24) is 0 Å². The molecule has 0 spiro atoms. The van der Waals surface area contributed by atoms with Crippen LogP contribution in [0, 0.1) is 11.8 Å². The molecule has 0 bridgehead atoms. The summed E-state index contributed by atoms with van der Waals surface area (Å²) in [6, 6.07) is 0.560. The molecule has 2 N–H and O–H groups in total. The Labute approximate surface area is 63.0 Å². The molecule has 0 radical (unpaired) electrons. The number of rotatable bonds is 3. The van der Waals surface area contributed by atoms with E-state index in [2.05, 4.69) is 0 Å². The lowest BCUT2D eigenvalue weighted by Gasteiger charge is -2.27. The molecular weight excluding hydrogens is 122 g/mol. The van der Waals surface area contributed by atoms with Crippen LogP contribution in [0.25, 0.3) is 0 Å². The largest absolute Gasteiger partial charge is 0.327 e. The Morgan fingerprint density at radius 3 is 2.30 bits per heavy atom. The van der Waals surface area contributed by atoms with Crippen LogP contribution in [-0.4, -0.2) is 6.04 Å². The van der Waals surface area contributed by atoms with Crippen LogP contribution in [0.3, 0.4) is 0 Å². The van der Waals surface area contributed by atoms with Crippen LogP contribution < -0.4 is 5.73 Å². The average molecular weight is 139 g/mol. The highest BCUT2D eigenvalue weighted by Crippen LogP contribution is 2.38. The fourth-order valence-electron chi connectivity index (χ4n) is 1.83. The van der Waals surface area contributed by atoms with Crippen molar-refractivity contribution in [2.75, 3.05) is 0 Å². The Morgan fingerprint density at radius 2 is 1.90 bits per heavy atom. The van der Waals surface area contributed by atoms with Crippen LogP contribution in [0.15, 0.2) is 0 Å². The predicted molar refractivity (Wildman–Crippen MR) is 42.7 cm³/mol. The first-order chi connectivity index (χ1) is 4.86. The maximum absolute atomic E-state index is 5.99. The first kappa shape index (κ1) is 6.66. The zero-order chi connectivity index (χ0) is 6.97. The van der Waals surface area contributed by atoms with E-state index in [9.17, 15) is 0 Å². The second kappa shape index (κ2) is 2.54. The van der Waals surface area contributed by atoms with Gasteiger partial charge in [-0.1, -0.05) is 19.3 Å². The van der Waals surface area contributed by atoms with Gasteiger partial charge in [-0.3, -0.25) is 0 Å². The summed E-state index contributed by atoms with van der Waals surface area (Å²) < 4.78 is 0. The number of nitrogens with two attached hydrogens (primary N) is 1. The zero-order valence-electron chi connectivity index (χ0n) is 6.55. The fourth-order valence-corrected chi connectivity index (χ4v) is 1.83. The second-order valence-electron chi connectivity index (χ2n) is 4.03. The molecule has 1 heteroatoms. The quantitative estimate of drug-likeness (QED) is 0.635. The summed E-state index contributed by atoms with van der Waals surface area (Å²) in [6.45, 7) is 0. The minimum absolute atomic E-state index is 0.560. The standard InChI is InChI=1S/C9H17N/c10-9(8-4-5-8)6-7-2-1-3-7/h7-9H,1-6,10H2. The van der Waals surface area contributed by atoms with E-state index in [1.165, 1.54) is 38.5 Å². The molecule has 0 aromatic heterocycles. The van der Waals surface area contributed by atoms with Gasteiger partial charge >= 0.3 is 0 Å². The van der Waals surface area contributed by atoms with E-state index in [0.29, 0.717) is 6.04 Å². The summed E-state index contributed by atoms with van der Waals surface area (Å²) in [4.78, 5) is 0. The van der Waals surface area contributed by atoms with E-state index < -0.39 is 0 Å². The van der Waals surface area contributed by atoms with Gasteiger partial charge in [0.05, 0.1) is 0 Å². The average Bonchev–Trinajstić information content (AvgIpc) is 2.58. The molecule has 0 aromatic carbocycles. The third-order valence-electron chi connectivity index (χ3n) is 3.06. The van der Waals surface area contributed by atoms with Crippen molar-refractivity contribution >= 4 is 0 Å².